The van der Waals surface area contributed by atoms with Gasteiger partial charge >= 0.3 is 0 Å². The molecule has 0 amide bonds. The van der Waals surface area contributed by atoms with E-state index in [2.05, 4.69) is 45.4 Å². The molecule has 1 N–H and O–H groups in total. The lowest BCUT2D eigenvalue weighted by molar-refractivity contribution is 0.336. The van der Waals surface area contributed by atoms with Gasteiger partial charge in [-0.2, -0.15) is 0 Å². The molecule has 0 aliphatic heterocycles. The van der Waals surface area contributed by atoms with Gasteiger partial charge in [0.05, 0.1) is 11.7 Å². The Labute approximate surface area is 112 Å². The molecule has 1 atom stereocenters. The van der Waals surface area contributed by atoms with E-state index in [4.69, 9.17) is 0 Å². The SMILES string of the molecule is CNC(c1ccc(Br)cn1)C1CCCCCC1. The summed E-state index contributed by atoms with van der Waals surface area (Å²) >= 11 is 3.44. The second-order valence-electron chi connectivity index (χ2n) is 4.92. The summed E-state index contributed by atoms with van der Waals surface area (Å²) < 4.78 is 1.05. The molecule has 1 fully saturated rings. The Balaban J connectivity index is 2.11. The van der Waals surface area contributed by atoms with Gasteiger partial charge in [0.2, 0.25) is 0 Å². The van der Waals surface area contributed by atoms with Gasteiger partial charge in [-0.15, -0.1) is 0 Å². The first-order valence-electron chi connectivity index (χ1n) is 6.60. The minimum absolute atomic E-state index is 0.418. The molecule has 1 aromatic rings. The summed E-state index contributed by atoms with van der Waals surface area (Å²) in [6.07, 6.45) is 10.1. The fraction of sp³-hybridized carbons (Fsp3) is 0.643. The van der Waals surface area contributed by atoms with E-state index in [1.54, 1.807) is 0 Å². The molecule has 17 heavy (non-hydrogen) atoms. The number of hydrogen-bond acceptors (Lipinski definition) is 2. The van der Waals surface area contributed by atoms with Crippen LogP contribution in [0.15, 0.2) is 22.8 Å². The molecule has 1 unspecified atom stereocenters. The van der Waals surface area contributed by atoms with Crippen molar-refractivity contribution in [2.45, 2.75) is 44.6 Å². The topological polar surface area (TPSA) is 24.9 Å². The number of halogens is 1. The molecule has 1 aromatic heterocycles. The second kappa shape index (κ2) is 6.50. The molecule has 3 heteroatoms. The predicted molar refractivity (Wildman–Crippen MR) is 74.9 cm³/mol. The van der Waals surface area contributed by atoms with Crippen molar-refractivity contribution >= 4 is 15.9 Å². The third kappa shape index (κ3) is 3.52. The molecular formula is C14H21BrN2. The minimum Gasteiger partial charge on any atom is -0.311 e. The van der Waals surface area contributed by atoms with Crippen LogP contribution in [0.5, 0.6) is 0 Å². The van der Waals surface area contributed by atoms with E-state index >= 15 is 0 Å². The van der Waals surface area contributed by atoms with Crippen molar-refractivity contribution in [3.8, 4) is 0 Å². The fourth-order valence-corrected chi connectivity index (χ4v) is 3.08. The Morgan fingerprint density at radius 1 is 1.24 bits per heavy atom. The summed E-state index contributed by atoms with van der Waals surface area (Å²) in [7, 11) is 2.05. The summed E-state index contributed by atoms with van der Waals surface area (Å²) in [4.78, 5) is 4.55. The molecule has 1 aliphatic rings. The van der Waals surface area contributed by atoms with Crippen molar-refractivity contribution in [2.75, 3.05) is 7.05 Å². The Kier molecular flexibility index (Phi) is 4.99. The van der Waals surface area contributed by atoms with Crippen LogP contribution in [0, 0.1) is 5.92 Å². The van der Waals surface area contributed by atoms with Gasteiger partial charge in [0.25, 0.3) is 0 Å². The maximum Gasteiger partial charge on any atom is 0.0576 e. The van der Waals surface area contributed by atoms with Crippen molar-refractivity contribution < 1.29 is 0 Å². The van der Waals surface area contributed by atoms with E-state index < -0.39 is 0 Å². The molecule has 0 radical (unpaired) electrons. The third-order valence-corrected chi connectivity index (χ3v) is 4.22. The Morgan fingerprint density at radius 2 is 1.94 bits per heavy atom. The molecule has 0 bridgehead atoms. The fourth-order valence-electron chi connectivity index (χ4n) is 2.84. The highest BCUT2D eigenvalue weighted by molar-refractivity contribution is 9.10. The first-order chi connectivity index (χ1) is 8.31. The van der Waals surface area contributed by atoms with E-state index in [-0.39, 0.29) is 0 Å². The Morgan fingerprint density at radius 3 is 2.47 bits per heavy atom. The van der Waals surface area contributed by atoms with Gasteiger partial charge < -0.3 is 5.32 Å². The molecule has 0 aromatic carbocycles. The number of rotatable bonds is 3. The van der Waals surface area contributed by atoms with Crippen molar-refractivity contribution in [3.63, 3.8) is 0 Å². The van der Waals surface area contributed by atoms with Crippen molar-refractivity contribution in [1.82, 2.24) is 10.3 Å². The lowest BCUT2D eigenvalue weighted by Gasteiger charge is -2.25. The van der Waals surface area contributed by atoms with Crippen LogP contribution in [0.2, 0.25) is 0 Å². The molecule has 0 spiro atoms. The summed E-state index contributed by atoms with van der Waals surface area (Å²) in [6, 6.07) is 4.64. The first-order valence-corrected chi connectivity index (χ1v) is 7.39. The minimum atomic E-state index is 0.418. The monoisotopic (exact) mass is 296 g/mol. The molecule has 94 valence electrons. The quantitative estimate of drug-likeness (QED) is 0.851. The van der Waals surface area contributed by atoms with Crippen molar-refractivity contribution in [1.29, 1.82) is 0 Å². The molecule has 2 nitrogen and oxygen atoms in total. The highest BCUT2D eigenvalue weighted by Crippen LogP contribution is 2.32. The van der Waals surface area contributed by atoms with Crippen LogP contribution < -0.4 is 5.32 Å². The van der Waals surface area contributed by atoms with Crippen LogP contribution in [-0.2, 0) is 0 Å². The van der Waals surface area contributed by atoms with Gasteiger partial charge in [0.1, 0.15) is 0 Å². The molecule has 2 rings (SSSR count). The maximum absolute atomic E-state index is 4.55. The van der Waals surface area contributed by atoms with Gasteiger partial charge in [-0.3, -0.25) is 4.98 Å². The number of nitrogens with zero attached hydrogens (tertiary/aromatic N) is 1. The predicted octanol–water partition coefficient (Wildman–Crippen LogP) is 4.08. The number of nitrogens with one attached hydrogen (secondary N) is 1. The highest BCUT2D eigenvalue weighted by Gasteiger charge is 2.23. The summed E-state index contributed by atoms with van der Waals surface area (Å²) in [5.41, 5.74) is 1.18. The van der Waals surface area contributed by atoms with Crippen LogP contribution in [0.25, 0.3) is 0 Å². The third-order valence-electron chi connectivity index (χ3n) is 3.75. The Hall–Kier alpha value is -0.410. The Bertz CT molecular complexity index is 329. The summed E-state index contributed by atoms with van der Waals surface area (Å²) in [6.45, 7) is 0. The van der Waals surface area contributed by atoms with E-state index in [1.165, 1.54) is 44.2 Å². The number of hydrogen-bond donors (Lipinski definition) is 1. The zero-order valence-corrected chi connectivity index (χ0v) is 12.0. The molecular weight excluding hydrogens is 276 g/mol. The first kappa shape index (κ1) is 13.0. The smallest absolute Gasteiger partial charge is 0.0576 e. The normalized spacial score (nSPS) is 19.9. The van der Waals surface area contributed by atoms with Crippen LogP contribution in [0.4, 0.5) is 0 Å². The lowest BCUT2D eigenvalue weighted by Crippen LogP contribution is -2.25. The van der Waals surface area contributed by atoms with Gasteiger partial charge in [-0.05, 0) is 53.9 Å². The van der Waals surface area contributed by atoms with Gasteiger partial charge in [-0.25, -0.2) is 0 Å². The van der Waals surface area contributed by atoms with Crippen LogP contribution >= 0.6 is 15.9 Å². The van der Waals surface area contributed by atoms with Crippen LogP contribution in [0.1, 0.15) is 50.3 Å². The largest absolute Gasteiger partial charge is 0.311 e. The van der Waals surface area contributed by atoms with Crippen LogP contribution in [0.3, 0.4) is 0 Å². The number of aromatic nitrogens is 1. The van der Waals surface area contributed by atoms with E-state index in [9.17, 15) is 0 Å². The average molecular weight is 297 g/mol. The van der Waals surface area contributed by atoms with E-state index in [1.807, 2.05) is 6.20 Å². The highest BCUT2D eigenvalue weighted by atomic mass is 79.9. The van der Waals surface area contributed by atoms with E-state index in [0.29, 0.717) is 6.04 Å². The van der Waals surface area contributed by atoms with Gasteiger partial charge in [0, 0.05) is 10.7 Å². The molecule has 1 saturated carbocycles. The van der Waals surface area contributed by atoms with Crippen LogP contribution in [-0.4, -0.2) is 12.0 Å². The summed E-state index contributed by atoms with van der Waals surface area (Å²) in [5, 5.41) is 3.46. The number of pyridine rings is 1. The van der Waals surface area contributed by atoms with Crippen molar-refractivity contribution in [2.24, 2.45) is 5.92 Å². The zero-order chi connectivity index (χ0) is 12.1. The standard InChI is InChI=1S/C14H21BrN2/c1-16-14(11-6-4-2-3-5-7-11)13-9-8-12(15)10-17-13/h8-11,14,16H,2-7H2,1H3. The lowest BCUT2D eigenvalue weighted by atomic mass is 9.89. The van der Waals surface area contributed by atoms with Crippen molar-refractivity contribution in [3.05, 3.63) is 28.5 Å². The molecule has 1 heterocycles. The maximum atomic E-state index is 4.55. The molecule has 1 aliphatic carbocycles. The average Bonchev–Trinajstić information content (AvgIpc) is 2.62. The summed E-state index contributed by atoms with van der Waals surface area (Å²) in [5.74, 6) is 0.746. The van der Waals surface area contributed by atoms with Gasteiger partial charge in [0.15, 0.2) is 0 Å². The van der Waals surface area contributed by atoms with Gasteiger partial charge in [-0.1, -0.05) is 25.7 Å². The second-order valence-corrected chi connectivity index (χ2v) is 5.83. The zero-order valence-electron chi connectivity index (χ0n) is 10.5. The van der Waals surface area contributed by atoms with E-state index in [0.717, 1.165) is 10.4 Å². The molecule has 0 saturated heterocycles.